The van der Waals surface area contributed by atoms with Gasteiger partial charge in [0.05, 0.1) is 0 Å². The topological polar surface area (TPSA) is 136 Å². The summed E-state index contributed by atoms with van der Waals surface area (Å²) in [5.41, 5.74) is 0. The van der Waals surface area contributed by atoms with Gasteiger partial charge in [0.2, 0.25) is 0 Å². The summed E-state index contributed by atoms with van der Waals surface area (Å²) in [5.74, 6) is 0. The number of hydrogen-bond acceptors (Lipinski definition) is 9. The van der Waals surface area contributed by atoms with Crippen LogP contribution in [0.4, 0.5) is 0 Å². The van der Waals surface area contributed by atoms with E-state index >= 15 is 0 Å². The Morgan fingerprint density at radius 1 is 0.818 bits per heavy atom. The molecule has 0 spiro atoms. The summed E-state index contributed by atoms with van der Waals surface area (Å²) in [6.07, 6.45) is 0. The van der Waals surface area contributed by atoms with Gasteiger partial charge >= 0.3 is 20.8 Å². The van der Waals surface area contributed by atoms with Crippen LogP contribution in [0.3, 0.4) is 0 Å². The van der Waals surface area contributed by atoms with E-state index in [1.165, 1.54) is 0 Å². The summed E-state index contributed by atoms with van der Waals surface area (Å²) in [7, 11) is -10.2. The Morgan fingerprint density at radius 3 is 1.27 bits per heavy atom. The lowest BCUT2D eigenvalue weighted by atomic mass is 15.0. The van der Waals surface area contributed by atoms with Gasteiger partial charge in [0.15, 0.2) is 0 Å². The van der Waals surface area contributed by atoms with E-state index in [1.54, 1.807) is 0 Å². The molecular weight excluding hydrogens is 208 g/mol. The molecule has 0 aromatic carbocycles. The smallest absolute Gasteiger partial charge is 0.233 e. The third-order valence-electron chi connectivity index (χ3n) is 0.349. The second-order valence-corrected chi connectivity index (χ2v) is 3.51. The summed E-state index contributed by atoms with van der Waals surface area (Å²) in [6.45, 7) is 0. The fourth-order valence-corrected chi connectivity index (χ4v) is 1.14. The van der Waals surface area contributed by atoms with Gasteiger partial charge in [0.25, 0.3) is 0 Å². The summed E-state index contributed by atoms with van der Waals surface area (Å²) < 4.78 is 47.7. The van der Waals surface area contributed by atoms with Crippen LogP contribution in [-0.4, -0.2) is 27.4 Å². The Kier molecular flexibility index (Phi) is 3.30. The van der Waals surface area contributed by atoms with Gasteiger partial charge < -0.3 is 0 Å². The average molecular weight is 210 g/mol. The highest BCUT2D eigenvalue weighted by molar-refractivity contribution is 7.95. The Morgan fingerprint density at radius 2 is 1.09 bits per heavy atom. The number of hydrogen-bond donors (Lipinski definition) is 2. The third-order valence-corrected chi connectivity index (χ3v) is 2.05. The van der Waals surface area contributed by atoms with Crippen LogP contribution in [-0.2, 0) is 33.1 Å². The maximum Gasteiger partial charge on any atom is 0.442 e. The van der Waals surface area contributed by atoms with E-state index in [1.807, 2.05) is 0 Å². The Labute approximate surface area is 61.2 Å². The predicted molar refractivity (Wildman–Crippen MR) is 26.4 cm³/mol. The van der Waals surface area contributed by atoms with E-state index in [0.29, 0.717) is 0 Å². The average Bonchev–Trinajstić information content (AvgIpc) is 1.86. The summed E-state index contributed by atoms with van der Waals surface area (Å²) in [5, 5.41) is 14.9. The predicted octanol–water partition coefficient (Wildman–Crippen LogP) is -1.53. The number of rotatable bonds is 4. The van der Waals surface area contributed by atoms with E-state index in [2.05, 4.69) is 12.3 Å². The molecule has 0 fully saturated rings. The highest BCUT2D eigenvalue weighted by atomic mass is 32.3. The molecule has 0 aromatic heterocycles. The molecule has 0 aliphatic heterocycles. The lowest BCUT2D eigenvalue weighted by Crippen LogP contribution is -2.15. The minimum absolute atomic E-state index is 2.56. The van der Waals surface area contributed by atoms with Gasteiger partial charge in [-0.2, -0.15) is 16.8 Å². The molecule has 0 rings (SSSR count). The van der Waals surface area contributed by atoms with Crippen LogP contribution in [0.5, 0.6) is 0 Å². The van der Waals surface area contributed by atoms with Crippen LogP contribution < -0.4 is 0 Å². The fraction of sp³-hybridized carbons (Fsp3) is 0. The van der Waals surface area contributed by atoms with Crippen molar-refractivity contribution in [3.63, 3.8) is 0 Å². The Balaban J connectivity index is 4.54. The van der Waals surface area contributed by atoms with Crippen LogP contribution >= 0.6 is 0 Å². The fourth-order valence-electron chi connectivity index (χ4n) is 0.127. The summed E-state index contributed by atoms with van der Waals surface area (Å²) in [6, 6.07) is 0. The summed E-state index contributed by atoms with van der Waals surface area (Å²) in [4.78, 5) is 0. The largest absolute Gasteiger partial charge is 0.442 e. The van der Waals surface area contributed by atoms with Crippen molar-refractivity contribution in [3.05, 3.63) is 0 Å². The van der Waals surface area contributed by atoms with Crippen molar-refractivity contribution in [2.75, 3.05) is 0 Å². The van der Waals surface area contributed by atoms with Crippen LogP contribution in [0, 0.1) is 0 Å². The van der Waals surface area contributed by atoms with E-state index in [0.717, 1.165) is 0 Å². The maximum absolute atomic E-state index is 9.91. The molecule has 0 unspecified atom stereocenters. The highest BCUT2D eigenvalue weighted by Gasteiger charge is 2.24. The monoisotopic (exact) mass is 210 g/mol. The molecular formula is H2O9S2. The zero-order chi connectivity index (χ0) is 9.12. The zero-order valence-electron chi connectivity index (χ0n) is 4.57. The van der Waals surface area contributed by atoms with Crippen LogP contribution in [0.25, 0.3) is 0 Å². The third kappa shape index (κ3) is 4.20. The molecule has 0 aromatic rings. The zero-order valence-corrected chi connectivity index (χ0v) is 6.20. The van der Waals surface area contributed by atoms with Crippen LogP contribution in [0.15, 0.2) is 0 Å². The first-order chi connectivity index (χ1) is 4.83. The van der Waals surface area contributed by atoms with Crippen molar-refractivity contribution in [1.82, 2.24) is 0 Å². The molecule has 0 saturated heterocycles. The molecule has 0 amide bonds. The van der Waals surface area contributed by atoms with Gasteiger partial charge in [-0.25, -0.2) is 10.5 Å². The molecule has 0 saturated carbocycles. The van der Waals surface area contributed by atoms with Gasteiger partial charge in [-0.05, 0) is 0 Å². The molecule has 0 aliphatic carbocycles. The van der Waals surface area contributed by atoms with Gasteiger partial charge in [-0.15, -0.1) is 0 Å². The minimum atomic E-state index is -5.11. The molecule has 9 nitrogen and oxygen atoms in total. The second-order valence-electron chi connectivity index (χ2n) is 1.03. The molecule has 0 radical (unpaired) electrons. The quantitative estimate of drug-likeness (QED) is 0.418. The first kappa shape index (κ1) is 10.7. The van der Waals surface area contributed by atoms with Crippen LogP contribution in [0.1, 0.15) is 0 Å². The van der Waals surface area contributed by atoms with Gasteiger partial charge in [-0.1, -0.05) is 12.3 Å². The summed E-state index contributed by atoms with van der Waals surface area (Å²) >= 11 is 0. The SMILES string of the molecule is O=S(=O)(OO)OS(=O)(=O)OO. The molecule has 2 N–H and O–H groups in total. The maximum atomic E-state index is 9.91. The molecule has 0 aliphatic rings. The van der Waals surface area contributed by atoms with E-state index in [-0.39, 0.29) is 0 Å². The van der Waals surface area contributed by atoms with E-state index in [9.17, 15) is 16.8 Å². The first-order valence-corrected chi connectivity index (χ1v) is 4.37. The Bertz CT molecular complexity index is 256. The molecule has 11 heteroatoms. The second kappa shape index (κ2) is 3.40. The lowest BCUT2D eigenvalue weighted by Gasteiger charge is -1.96. The molecule has 68 valence electrons. The van der Waals surface area contributed by atoms with Gasteiger partial charge in [0, 0.05) is 0 Å². The van der Waals surface area contributed by atoms with Crippen molar-refractivity contribution < 1.29 is 39.6 Å². The van der Waals surface area contributed by atoms with Crippen molar-refractivity contribution in [1.29, 1.82) is 0 Å². The molecule has 0 bridgehead atoms. The standard InChI is InChI=1S/H2O9S2/c1-7-10(3,4)9-11(5,6)8-2/h1-2H. The molecule has 0 atom stereocenters. The van der Waals surface area contributed by atoms with Crippen molar-refractivity contribution >= 4 is 20.8 Å². The van der Waals surface area contributed by atoms with E-state index in [4.69, 9.17) is 10.5 Å². The minimum Gasteiger partial charge on any atom is -0.233 e. The molecule has 0 heterocycles. The van der Waals surface area contributed by atoms with E-state index < -0.39 is 20.8 Å². The van der Waals surface area contributed by atoms with Crippen molar-refractivity contribution in [2.45, 2.75) is 0 Å². The Hall–Kier alpha value is -0.300. The van der Waals surface area contributed by atoms with Crippen molar-refractivity contribution in [2.24, 2.45) is 0 Å². The van der Waals surface area contributed by atoms with Gasteiger partial charge in [0.1, 0.15) is 0 Å². The highest BCUT2D eigenvalue weighted by Crippen LogP contribution is 2.01. The lowest BCUT2D eigenvalue weighted by molar-refractivity contribution is -0.149. The normalized spacial score (nSPS) is 13.3. The van der Waals surface area contributed by atoms with Crippen LogP contribution in [0.2, 0.25) is 0 Å². The first-order valence-electron chi connectivity index (χ1n) is 1.70. The van der Waals surface area contributed by atoms with Gasteiger partial charge in [-0.3, -0.25) is 0 Å². The molecule has 11 heavy (non-hydrogen) atoms. The van der Waals surface area contributed by atoms with Crippen molar-refractivity contribution in [3.8, 4) is 0 Å².